The third-order valence-electron chi connectivity index (χ3n) is 3.64. The van der Waals surface area contributed by atoms with E-state index in [-0.39, 0.29) is 0 Å². The molecule has 0 aromatic carbocycles. The number of hydrogen-bond acceptors (Lipinski definition) is 7. The minimum absolute atomic E-state index is 0.566. The maximum absolute atomic E-state index is 8.97. The summed E-state index contributed by atoms with van der Waals surface area (Å²) in [5.74, 6) is 2.28. The van der Waals surface area contributed by atoms with Crippen LogP contribution >= 0.6 is 0 Å². The molecule has 3 heterocycles. The molecule has 0 spiro atoms. The van der Waals surface area contributed by atoms with Crippen molar-refractivity contribution in [3.63, 3.8) is 0 Å². The maximum atomic E-state index is 8.97. The van der Waals surface area contributed by atoms with E-state index in [0.29, 0.717) is 11.4 Å². The first-order valence-electron chi connectivity index (χ1n) is 7.02. The molecule has 2 aromatic rings. The number of pyridine rings is 1. The van der Waals surface area contributed by atoms with Crippen LogP contribution in [0.1, 0.15) is 5.56 Å². The predicted octanol–water partition coefficient (Wildman–Crippen LogP) is 1.08. The van der Waals surface area contributed by atoms with Crippen LogP contribution in [0.15, 0.2) is 30.7 Å². The molecule has 0 unspecified atom stereocenters. The lowest BCUT2D eigenvalue weighted by Gasteiger charge is -2.36. The van der Waals surface area contributed by atoms with Gasteiger partial charge in [0.2, 0.25) is 5.88 Å². The van der Waals surface area contributed by atoms with E-state index in [1.165, 1.54) is 6.33 Å². The molecule has 0 radical (unpaired) electrons. The molecular formula is C15H16N6O. The van der Waals surface area contributed by atoms with Crippen molar-refractivity contribution in [2.24, 2.45) is 0 Å². The summed E-state index contributed by atoms with van der Waals surface area (Å²) in [7, 11) is 1.60. The normalized spacial score (nSPS) is 14.5. The van der Waals surface area contributed by atoms with Crippen molar-refractivity contribution in [3.05, 3.63) is 36.3 Å². The van der Waals surface area contributed by atoms with Gasteiger partial charge in [-0.15, -0.1) is 0 Å². The molecular weight excluding hydrogens is 280 g/mol. The molecule has 7 nitrogen and oxygen atoms in total. The minimum atomic E-state index is 0.566. The van der Waals surface area contributed by atoms with E-state index in [1.54, 1.807) is 19.4 Å². The van der Waals surface area contributed by atoms with Gasteiger partial charge in [-0.05, 0) is 12.1 Å². The Morgan fingerprint density at radius 1 is 1.05 bits per heavy atom. The number of ether oxygens (including phenoxy) is 1. The first kappa shape index (κ1) is 14.1. The maximum Gasteiger partial charge on any atom is 0.218 e. The first-order valence-corrected chi connectivity index (χ1v) is 7.02. The third-order valence-corrected chi connectivity index (χ3v) is 3.64. The van der Waals surface area contributed by atoms with Gasteiger partial charge in [0.15, 0.2) is 0 Å². The van der Waals surface area contributed by atoms with Crippen LogP contribution in [0, 0.1) is 11.3 Å². The van der Waals surface area contributed by atoms with Crippen molar-refractivity contribution in [1.82, 2.24) is 15.0 Å². The Kier molecular flexibility index (Phi) is 4.01. The number of methoxy groups -OCH3 is 1. The lowest BCUT2D eigenvalue weighted by molar-refractivity contribution is 0.396. The van der Waals surface area contributed by atoms with Gasteiger partial charge in [0, 0.05) is 38.4 Å². The molecule has 1 fully saturated rings. The van der Waals surface area contributed by atoms with Crippen LogP contribution in [0.3, 0.4) is 0 Å². The fourth-order valence-electron chi connectivity index (χ4n) is 2.44. The Morgan fingerprint density at radius 2 is 1.73 bits per heavy atom. The molecule has 112 valence electrons. The van der Waals surface area contributed by atoms with E-state index in [2.05, 4.69) is 30.8 Å². The van der Waals surface area contributed by atoms with Gasteiger partial charge in [-0.25, -0.2) is 15.0 Å². The van der Waals surface area contributed by atoms with Gasteiger partial charge in [-0.3, -0.25) is 0 Å². The van der Waals surface area contributed by atoms with Crippen molar-refractivity contribution in [3.8, 4) is 11.9 Å². The van der Waals surface area contributed by atoms with E-state index in [9.17, 15) is 0 Å². The van der Waals surface area contributed by atoms with E-state index in [1.807, 2.05) is 12.1 Å². The molecule has 3 rings (SSSR count). The second-order valence-electron chi connectivity index (χ2n) is 4.91. The zero-order chi connectivity index (χ0) is 15.4. The minimum Gasteiger partial charge on any atom is -0.481 e. The van der Waals surface area contributed by atoms with Gasteiger partial charge >= 0.3 is 0 Å². The molecule has 0 atom stereocenters. The van der Waals surface area contributed by atoms with Gasteiger partial charge in [-0.1, -0.05) is 0 Å². The van der Waals surface area contributed by atoms with Crippen LogP contribution in [-0.2, 0) is 0 Å². The average Bonchev–Trinajstić information content (AvgIpc) is 2.62. The summed E-state index contributed by atoms with van der Waals surface area (Å²) in [4.78, 5) is 17.0. The van der Waals surface area contributed by atoms with Crippen molar-refractivity contribution in [1.29, 1.82) is 5.26 Å². The van der Waals surface area contributed by atoms with Crippen molar-refractivity contribution >= 4 is 11.6 Å². The van der Waals surface area contributed by atoms with Crippen LogP contribution in [0.5, 0.6) is 5.88 Å². The Hall–Kier alpha value is -2.88. The zero-order valence-electron chi connectivity index (χ0n) is 12.3. The van der Waals surface area contributed by atoms with Crippen molar-refractivity contribution in [2.75, 3.05) is 43.1 Å². The average molecular weight is 296 g/mol. The van der Waals surface area contributed by atoms with Gasteiger partial charge < -0.3 is 14.5 Å². The zero-order valence-corrected chi connectivity index (χ0v) is 12.3. The van der Waals surface area contributed by atoms with Gasteiger partial charge in [0.1, 0.15) is 18.0 Å². The van der Waals surface area contributed by atoms with Crippen LogP contribution < -0.4 is 14.5 Å². The highest BCUT2D eigenvalue weighted by Gasteiger charge is 2.19. The lowest BCUT2D eigenvalue weighted by atomic mass is 10.2. The molecule has 0 amide bonds. The van der Waals surface area contributed by atoms with E-state index < -0.39 is 0 Å². The topological polar surface area (TPSA) is 78.2 Å². The summed E-state index contributed by atoms with van der Waals surface area (Å²) in [6.45, 7) is 3.32. The summed E-state index contributed by atoms with van der Waals surface area (Å²) in [6, 6.07) is 7.52. The molecule has 0 bridgehead atoms. The van der Waals surface area contributed by atoms with Crippen molar-refractivity contribution in [2.45, 2.75) is 0 Å². The predicted molar refractivity (Wildman–Crippen MR) is 82.0 cm³/mol. The highest BCUT2D eigenvalue weighted by atomic mass is 16.5. The summed E-state index contributed by atoms with van der Waals surface area (Å²) < 4.78 is 5.13. The molecule has 1 saturated heterocycles. The Morgan fingerprint density at radius 3 is 2.36 bits per heavy atom. The Labute approximate surface area is 128 Å². The summed E-state index contributed by atoms with van der Waals surface area (Å²) >= 11 is 0. The fourth-order valence-corrected chi connectivity index (χ4v) is 2.44. The molecule has 0 aliphatic carbocycles. The quantitative estimate of drug-likeness (QED) is 0.838. The largest absolute Gasteiger partial charge is 0.481 e. The lowest BCUT2D eigenvalue weighted by Crippen LogP contribution is -2.47. The highest BCUT2D eigenvalue weighted by Crippen LogP contribution is 2.20. The van der Waals surface area contributed by atoms with Gasteiger partial charge in [0.05, 0.1) is 18.7 Å². The Bertz CT molecular complexity index is 690. The number of anilines is 2. The molecule has 22 heavy (non-hydrogen) atoms. The van der Waals surface area contributed by atoms with Crippen LogP contribution in [0.25, 0.3) is 0 Å². The third kappa shape index (κ3) is 2.91. The standard InChI is InChI=1S/C15H16N6O/c1-22-15-9-14(18-11-19-15)21-6-4-20(5-7-21)13-8-12(10-16)2-3-17-13/h2-3,8-9,11H,4-7H2,1H3. The SMILES string of the molecule is COc1cc(N2CCN(c3cc(C#N)ccn3)CC2)ncn1. The second kappa shape index (κ2) is 6.26. The fraction of sp³-hybridized carbons (Fsp3) is 0.333. The monoisotopic (exact) mass is 296 g/mol. The second-order valence-corrected chi connectivity index (χ2v) is 4.91. The number of nitrogens with zero attached hydrogens (tertiary/aromatic N) is 6. The number of nitriles is 1. The highest BCUT2D eigenvalue weighted by molar-refractivity contribution is 5.48. The molecule has 1 aliphatic heterocycles. The number of aromatic nitrogens is 3. The molecule has 0 N–H and O–H groups in total. The molecule has 1 aliphatic rings. The summed E-state index contributed by atoms with van der Waals surface area (Å²) in [6.07, 6.45) is 3.19. The number of hydrogen-bond donors (Lipinski definition) is 0. The van der Waals surface area contributed by atoms with Crippen molar-refractivity contribution < 1.29 is 4.74 Å². The van der Waals surface area contributed by atoms with E-state index >= 15 is 0 Å². The Balaban J connectivity index is 1.68. The van der Waals surface area contributed by atoms with E-state index in [4.69, 9.17) is 10.00 Å². The van der Waals surface area contributed by atoms with Gasteiger partial charge in [-0.2, -0.15) is 5.26 Å². The summed E-state index contributed by atoms with van der Waals surface area (Å²) in [5.41, 5.74) is 0.632. The smallest absolute Gasteiger partial charge is 0.218 e. The summed E-state index contributed by atoms with van der Waals surface area (Å²) in [5, 5.41) is 8.97. The number of rotatable bonds is 3. The van der Waals surface area contributed by atoms with Crippen LogP contribution in [-0.4, -0.2) is 48.2 Å². The molecule has 2 aromatic heterocycles. The van der Waals surface area contributed by atoms with E-state index in [0.717, 1.165) is 37.8 Å². The molecule has 7 heteroatoms. The van der Waals surface area contributed by atoms with Crippen LogP contribution in [0.2, 0.25) is 0 Å². The molecule has 0 saturated carbocycles. The van der Waals surface area contributed by atoms with Gasteiger partial charge in [0.25, 0.3) is 0 Å². The number of piperazine rings is 1. The van der Waals surface area contributed by atoms with Crippen LogP contribution in [0.4, 0.5) is 11.6 Å². The first-order chi connectivity index (χ1) is 10.8.